The van der Waals surface area contributed by atoms with E-state index in [9.17, 15) is 9.59 Å². The van der Waals surface area contributed by atoms with Crippen LogP contribution in [0.4, 0.5) is 11.4 Å². The van der Waals surface area contributed by atoms with Crippen LogP contribution < -0.4 is 10.2 Å². The van der Waals surface area contributed by atoms with E-state index in [1.165, 1.54) is 0 Å². The SMILES string of the molecule is Cc1cc(C)c(NC(=O)C2CC(=O)N(c3ccccc3C)C2)c(Cl)c1. The van der Waals surface area contributed by atoms with Gasteiger partial charge in [0, 0.05) is 18.7 Å². The predicted molar refractivity (Wildman–Crippen MR) is 101 cm³/mol. The average molecular weight is 357 g/mol. The topological polar surface area (TPSA) is 49.4 Å². The van der Waals surface area contributed by atoms with Crippen LogP contribution in [-0.2, 0) is 9.59 Å². The van der Waals surface area contributed by atoms with E-state index in [1.54, 1.807) is 4.90 Å². The lowest BCUT2D eigenvalue weighted by molar-refractivity contribution is -0.122. The van der Waals surface area contributed by atoms with E-state index in [-0.39, 0.29) is 24.2 Å². The van der Waals surface area contributed by atoms with E-state index in [1.807, 2.05) is 57.2 Å². The maximum atomic E-state index is 12.7. The maximum absolute atomic E-state index is 12.7. The van der Waals surface area contributed by atoms with Gasteiger partial charge < -0.3 is 10.2 Å². The minimum atomic E-state index is -0.385. The van der Waals surface area contributed by atoms with Crippen molar-refractivity contribution in [3.8, 4) is 0 Å². The number of hydrogen-bond acceptors (Lipinski definition) is 2. The molecule has 5 heteroatoms. The monoisotopic (exact) mass is 356 g/mol. The highest BCUT2D eigenvalue weighted by Gasteiger charge is 2.35. The van der Waals surface area contributed by atoms with E-state index >= 15 is 0 Å². The predicted octanol–water partition coefficient (Wildman–Crippen LogP) is 4.26. The van der Waals surface area contributed by atoms with Crippen molar-refractivity contribution in [2.75, 3.05) is 16.8 Å². The molecule has 1 saturated heterocycles. The summed E-state index contributed by atoms with van der Waals surface area (Å²) < 4.78 is 0. The molecule has 1 aliphatic heterocycles. The number of amides is 2. The molecule has 0 radical (unpaired) electrons. The molecule has 0 spiro atoms. The Labute approximate surface area is 152 Å². The summed E-state index contributed by atoms with van der Waals surface area (Å²) in [5.41, 5.74) is 4.47. The Balaban J connectivity index is 1.77. The molecule has 2 amide bonds. The van der Waals surface area contributed by atoms with Gasteiger partial charge >= 0.3 is 0 Å². The van der Waals surface area contributed by atoms with Gasteiger partial charge in [-0.2, -0.15) is 0 Å². The Morgan fingerprint density at radius 3 is 2.56 bits per heavy atom. The first-order valence-electron chi connectivity index (χ1n) is 8.30. The second-order valence-electron chi connectivity index (χ2n) is 6.62. The molecule has 2 aromatic rings. The Morgan fingerprint density at radius 2 is 1.88 bits per heavy atom. The second kappa shape index (κ2) is 6.89. The summed E-state index contributed by atoms with van der Waals surface area (Å²) in [4.78, 5) is 26.8. The van der Waals surface area contributed by atoms with Gasteiger partial charge in [0.1, 0.15) is 0 Å². The van der Waals surface area contributed by atoms with Crippen molar-refractivity contribution < 1.29 is 9.59 Å². The average Bonchev–Trinajstić information content (AvgIpc) is 2.93. The van der Waals surface area contributed by atoms with E-state index in [4.69, 9.17) is 11.6 Å². The van der Waals surface area contributed by atoms with Gasteiger partial charge in [-0.25, -0.2) is 0 Å². The van der Waals surface area contributed by atoms with Gasteiger partial charge in [0.2, 0.25) is 11.8 Å². The van der Waals surface area contributed by atoms with Crippen molar-refractivity contribution in [1.82, 2.24) is 0 Å². The molecule has 3 rings (SSSR count). The number of benzene rings is 2. The van der Waals surface area contributed by atoms with E-state index in [0.29, 0.717) is 17.3 Å². The number of nitrogens with zero attached hydrogens (tertiary/aromatic N) is 1. The normalized spacial score (nSPS) is 17.0. The fraction of sp³-hybridized carbons (Fsp3) is 0.300. The summed E-state index contributed by atoms with van der Waals surface area (Å²) in [5, 5.41) is 3.42. The third-order valence-corrected chi connectivity index (χ3v) is 4.88. The van der Waals surface area contributed by atoms with Crippen molar-refractivity contribution in [2.45, 2.75) is 27.2 Å². The van der Waals surface area contributed by atoms with Gasteiger partial charge in [-0.1, -0.05) is 35.9 Å². The third-order valence-electron chi connectivity index (χ3n) is 4.58. The quantitative estimate of drug-likeness (QED) is 0.893. The zero-order valence-corrected chi connectivity index (χ0v) is 15.4. The highest BCUT2D eigenvalue weighted by molar-refractivity contribution is 6.34. The van der Waals surface area contributed by atoms with Crippen LogP contribution in [0.2, 0.25) is 5.02 Å². The van der Waals surface area contributed by atoms with Crippen molar-refractivity contribution in [3.63, 3.8) is 0 Å². The number of anilines is 2. The number of carbonyl (C=O) groups is 2. The van der Waals surface area contributed by atoms with Crippen molar-refractivity contribution in [3.05, 3.63) is 58.1 Å². The lowest BCUT2D eigenvalue weighted by atomic mass is 10.1. The number of hydrogen-bond donors (Lipinski definition) is 1. The number of aryl methyl sites for hydroxylation is 3. The Kier molecular flexibility index (Phi) is 4.82. The smallest absolute Gasteiger partial charge is 0.229 e. The Bertz CT molecular complexity index is 824. The van der Waals surface area contributed by atoms with Crippen LogP contribution in [-0.4, -0.2) is 18.4 Å². The molecule has 1 aliphatic rings. The zero-order valence-electron chi connectivity index (χ0n) is 14.6. The molecule has 1 atom stereocenters. The standard InChI is InChI=1S/C20H21ClN2O2/c1-12-8-14(3)19(16(21)9-12)22-20(25)15-10-18(24)23(11-15)17-7-5-4-6-13(17)2/h4-9,15H,10-11H2,1-3H3,(H,22,25). The molecule has 130 valence electrons. The lowest BCUT2D eigenvalue weighted by Gasteiger charge is -2.19. The molecule has 25 heavy (non-hydrogen) atoms. The van der Waals surface area contributed by atoms with E-state index in [2.05, 4.69) is 5.32 Å². The second-order valence-corrected chi connectivity index (χ2v) is 7.03. The van der Waals surface area contributed by atoms with Gasteiger partial charge in [0.25, 0.3) is 0 Å². The Morgan fingerprint density at radius 1 is 1.16 bits per heavy atom. The molecule has 0 aliphatic carbocycles. The molecule has 1 fully saturated rings. The summed E-state index contributed by atoms with van der Waals surface area (Å²) in [6.45, 7) is 6.22. The summed E-state index contributed by atoms with van der Waals surface area (Å²) in [6, 6.07) is 11.5. The molecule has 0 aromatic heterocycles. The molecular formula is C20H21ClN2O2. The fourth-order valence-corrected chi connectivity index (χ4v) is 3.65. The fourth-order valence-electron chi connectivity index (χ4n) is 3.28. The van der Waals surface area contributed by atoms with Crippen LogP contribution in [0.5, 0.6) is 0 Å². The van der Waals surface area contributed by atoms with Gasteiger partial charge in [-0.3, -0.25) is 9.59 Å². The van der Waals surface area contributed by atoms with Crippen LogP contribution in [0.25, 0.3) is 0 Å². The number of para-hydroxylation sites is 1. The Hall–Kier alpha value is -2.33. The number of rotatable bonds is 3. The molecule has 1 N–H and O–H groups in total. The first-order valence-corrected chi connectivity index (χ1v) is 8.68. The lowest BCUT2D eigenvalue weighted by Crippen LogP contribution is -2.28. The summed E-state index contributed by atoms with van der Waals surface area (Å²) in [5.74, 6) is -0.580. The first kappa shape index (κ1) is 17.5. The van der Waals surface area contributed by atoms with Crippen LogP contribution in [0.15, 0.2) is 36.4 Å². The van der Waals surface area contributed by atoms with E-state index in [0.717, 1.165) is 22.4 Å². The minimum absolute atomic E-state index is 0.0267. The number of nitrogens with one attached hydrogen (secondary N) is 1. The van der Waals surface area contributed by atoms with Gasteiger partial charge in [0.15, 0.2) is 0 Å². The van der Waals surface area contributed by atoms with Crippen molar-refractivity contribution in [2.24, 2.45) is 5.92 Å². The zero-order chi connectivity index (χ0) is 18.1. The molecule has 2 aromatic carbocycles. The molecule has 1 unspecified atom stereocenters. The molecular weight excluding hydrogens is 336 g/mol. The highest BCUT2D eigenvalue weighted by Crippen LogP contribution is 2.31. The molecule has 0 bridgehead atoms. The number of halogens is 1. The van der Waals surface area contributed by atoms with Gasteiger partial charge in [-0.15, -0.1) is 0 Å². The van der Waals surface area contributed by atoms with Crippen molar-refractivity contribution >= 4 is 34.8 Å². The highest BCUT2D eigenvalue weighted by atomic mass is 35.5. The maximum Gasteiger partial charge on any atom is 0.229 e. The third kappa shape index (κ3) is 3.54. The largest absolute Gasteiger partial charge is 0.324 e. The molecule has 4 nitrogen and oxygen atoms in total. The molecule has 0 saturated carbocycles. The van der Waals surface area contributed by atoms with Crippen molar-refractivity contribution in [1.29, 1.82) is 0 Å². The van der Waals surface area contributed by atoms with Crippen LogP contribution in [0.3, 0.4) is 0 Å². The van der Waals surface area contributed by atoms with Crippen LogP contribution in [0.1, 0.15) is 23.1 Å². The summed E-state index contributed by atoms with van der Waals surface area (Å²) in [6.07, 6.45) is 0.211. The summed E-state index contributed by atoms with van der Waals surface area (Å²) in [7, 11) is 0. The van der Waals surface area contributed by atoms with Gasteiger partial charge in [0.05, 0.1) is 16.6 Å². The van der Waals surface area contributed by atoms with Gasteiger partial charge in [-0.05, 0) is 49.6 Å². The first-order chi connectivity index (χ1) is 11.9. The van der Waals surface area contributed by atoms with Crippen LogP contribution >= 0.6 is 11.6 Å². The summed E-state index contributed by atoms with van der Waals surface area (Å²) >= 11 is 6.27. The number of carbonyl (C=O) groups excluding carboxylic acids is 2. The van der Waals surface area contributed by atoms with Crippen LogP contribution in [0, 0.1) is 26.7 Å². The van der Waals surface area contributed by atoms with E-state index < -0.39 is 0 Å². The molecule has 1 heterocycles. The minimum Gasteiger partial charge on any atom is -0.324 e.